The Hall–Kier alpha value is -4.34. The number of amides is 3. The van der Waals surface area contributed by atoms with E-state index in [0.29, 0.717) is 30.2 Å². The Kier molecular flexibility index (Phi) is 7.81. The molecular formula is C29H34N6O4. The molecule has 2 saturated heterocycles. The van der Waals surface area contributed by atoms with Crippen LogP contribution in [0.2, 0.25) is 0 Å². The summed E-state index contributed by atoms with van der Waals surface area (Å²) in [5, 5.41) is 7.51. The molecule has 10 heteroatoms. The van der Waals surface area contributed by atoms with Crippen LogP contribution in [0.3, 0.4) is 0 Å². The van der Waals surface area contributed by atoms with Gasteiger partial charge in [-0.25, -0.2) is 4.99 Å². The van der Waals surface area contributed by atoms with Gasteiger partial charge < -0.3 is 30.6 Å². The number of fused-ring (bicyclic) bond motifs is 1. The van der Waals surface area contributed by atoms with Crippen molar-refractivity contribution in [1.29, 1.82) is 0 Å². The normalized spacial score (nSPS) is 18.3. The van der Waals surface area contributed by atoms with Gasteiger partial charge in [0.25, 0.3) is 0 Å². The highest BCUT2D eigenvalue weighted by molar-refractivity contribution is 6.06. The maximum absolute atomic E-state index is 13.6. The highest BCUT2D eigenvalue weighted by atomic mass is 16.3. The van der Waals surface area contributed by atoms with Gasteiger partial charge in [0.2, 0.25) is 23.7 Å². The maximum Gasteiger partial charge on any atom is 0.248 e. The van der Waals surface area contributed by atoms with Crippen molar-refractivity contribution in [2.75, 3.05) is 36.8 Å². The summed E-state index contributed by atoms with van der Waals surface area (Å²) in [6.07, 6.45) is 4.26. The zero-order chi connectivity index (χ0) is 27.4. The summed E-state index contributed by atoms with van der Waals surface area (Å²) in [5.41, 5.74) is 8.00. The molecule has 0 saturated carbocycles. The Morgan fingerprint density at radius 1 is 0.974 bits per heavy atom. The van der Waals surface area contributed by atoms with Gasteiger partial charge in [0, 0.05) is 42.0 Å². The monoisotopic (exact) mass is 530 g/mol. The van der Waals surface area contributed by atoms with Crippen LogP contribution in [0, 0.1) is 6.92 Å². The Balaban J connectivity index is 1.40. The number of aryl methyl sites for hydroxylation is 1. The van der Waals surface area contributed by atoms with Crippen LogP contribution < -0.4 is 16.4 Å². The first-order valence-electron chi connectivity index (χ1n) is 13.4. The van der Waals surface area contributed by atoms with Crippen molar-refractivity contribution in [2.45, 2.75) is 45.1 Å². The number of rotatable bonds is 6. The lowest BCUT2D eigenvalue weighted by Crippen LogP contribution is -2.45. The van der Waals surface area contributed by atoms with E-state index in [4.69, 9.17) is 15.1 Å². The van der Waals surface area contributed by atoms with E-state index >= 15 is 0 Å². The molecule has 3 amide bonds. The third-order valence-electron chi connectivity index (χ3n) is 7.16. The molecule has 3 heterocycles. The van der Waals surface area contributed by atoms with Gasteiger partial charge in [-0.15, -0.1) is 0 Å². The summed E-state index contributed by atoms with van der Waals surface area (Å²) >= 11 is 0. The minimum atomic E-state index is -0.640. The minimum Gasteiger partial charge on any atom is -0.461 e. The lowest BCUT2D eigenvalue weighted by atomic mass is 10.1. The average Bonchev–Trinajstić information content (AvgIpc) is 3.55. The molecule has 2 aliphatic heterocycles. The predicted octanol–water partition coefficient (Wildman–Crippen LogP) is 3.72. The number of carbonyl (C=O) groups is 3. The molecule has 2 aliphatic rings. The van der Waals surface area contributed by atoms with Crippen molar-refractivity contribution >= 4 is 46.0 Å². The Bertz CT molecular complexity index is 1390. The third kappa shape index (κ3) is 6.39. The zero-order valence-corrected chi connectivity index (χ0v) is 22.1. The summed E-state index contributed by atoms with van der Waals surface area (Å²) in [6.45, 7) is 4.05. The van der Waals surface area contributed by atoms with Crippen LogP contribution in [0.1, 0.15) is 48.2 Å². The van der Waals surface area contributed by atoms with Gasteiger partial charge >= 0.3 is 0 Å². The number of nitrogens with zero attached hydrogens (tertiary/aromatic N) is 3. The SMILES string of the molecule is Cc1cc2cc(NC(=NC3CCCCN(CC(=O)N4CCCC4)C3=O)Nc3ccc(C(N)=O)cc3)ccc2o1. The predicted molar refractivity (Wildman–Crippen MR) is 151 cm³/mol. The van der Waals surface area contributed by atoms with Crippen molar-refractivity contribution in [2.24, 2.45) is 10.7 Å². The van der Waals surface area contributed by atoms with E-state index in [1.165, 1.54) is 0 Å². The minimum absolute atomic E-state index is 0.000187. The second kappa shape index (κ2) is 11.6. The number of carbonyl (C=O) groups excluding carboxylic acids is 3. The molecular weight excluding hydrogens is 496 g/mol. The zero-order valence-electron chi connectivity index (χ0n) is 22.1. The maximum atomic E-state index is 13.6. The van der Waals surface area contributed by atoms with Crippen molar-refractivity contribution in [3.8, 4) is 0 Å². The van der Waals surface area contributed by atoms with Gasteiger partial charge in [0.05, 0.1) is 6.54 Å². The number of likely N-dealkylation sites (tertiary alicyclic amines) is 2. The van der Waals surface area contributed by atoms with Crippen LogP contribution in [0.25, 0.3) is 11.0 Å². The van der Waals surface area contributed by atoms with Gasteiger partial charge in [-0.05, 0) is 87.6 Å². The molecule has 0 bridgehead atoms. The summed E-state index contributed by atoms with van der Waals surface area (Å²) in [7, 11) is 0. The van der Waals surface area contributed by atoms with E-state index in [1.807, 2.05) is 36.1 Å². The summed E-state index contributed by atoms with van der Waals surface area (Å²) in [6, 6.07) is 13.8. The molecule has 3 aromatic rings. The second-order valence-electron chi connectivity index (χ2n) is 10.1. The highest BCUT2D eigenvalue weighted by Gasteiger charge is 2.30. The Labute approximate surface area is 227 Å². The van der Waals surface area contributed by atoms with Gasteiger partial charge in [-0.2, -0.15) is 0 Å². The average molecular weight is 531 g/mol. The van der Waals surface area contributed by atoms with Crippen LogP contribution >= 0.6 is 0 Å². The molecule has 204 valence electrons. The van der Waals surface area contributed by atoms with Crippen molar-refractivity contribution in [3.05, 3.63) is 59.9 Å². The molecule has 2 fully saturated rings. The first kappa shape index (κ1) is 26.3. The number of primary amides is 1. The number of furan rings is 1. The number of anilines is 2. The molecule has 10 nitrogen and oxygen atoms in total. The van der Waals surface area contributed by atoms with E-state index in [2.05, 4.69) is 10.6 Å². The molecule has 1 atom stereocenters. The summed E-state index contributed by atoms with van der Waals surface area (Å²) in [5.74, 6) is 0.542. The van der Waals surface area contributed by atoms with Gasteiger partial charge in [0.15, 0.2) is 0 Å². The number of hydrogen-bond donors (Lipinski definition) is 3. The van der Waals surface area contributed by atoms with Crippen LogP contribution in [0.15, 0.2) is 57.9 Å². The molecule has 0 radical (unpaired) electrons. The Morgan fingerprint density at radius 3 is 2.41 bits per heavy atom. The quantitative estimate of drug-likeness (QED) is 0.329. The van der Waals surface area contributed by atoms with Gasteiger partial charge in [-0.1, -0.05) is 0 Å². The molecule has 39 heavy (non-hydrogen) atoms. The van der Waals surface area contributed by atoms with Crippen LogP contribution in [0.5, 0.6) is 0 Å². The fourth-order valence-corrected chi connectivity index (χ4v) is 5.09. The second-order valence-corrected chi connectivity index (χ2v) is 10.1. The topological polar surface area (TPSA) is 133 Å². The fourth-order valence-electron chi connectivity index (χ4n) is 5.09. The molecule has 0 spiro atoms. The standard InChI is InChI=1S/C29H34N6O4/c1-19-16-21-17-23(11-12-25(21)39-19)32-29(31-22-9-7-20(8-10-22)27(30)37)33-24-6-2-3-15-35(28(24)38)18-26(36)34-13-4-5-14-34/h7-12,16-17,24H,2-6,13-15,18H2,1H3,(H2,30,37)(H2,31,32,33). The first-order valence-corrected chi connectivity index (χ1v) is 13.4. The molecule has 5 rings (SSSR count). The number of hydrogen-bond acceptors (Lipinski definition) is 5. The molecule has 1 aromatic heterocycles. The lowest BCUT2D eigenvalue weighted by Gasteiger charge is -2.25. The molecule has 0 aliphatic carbocycles. The highest BCUT2D eigenvalue weighted by Crippen LogP contribution is 2.24. The van der Waals surface area contributed by atoms with Crippen LogP contribution in [-0.2, 0) is 9.59 Å². The van der Waals surface area contributed by atoms with E-state index in [0.717, 1.165) is 61.2 Å². The number of nitrogens with one attached hydrogen (secondary N) is 2. The smallest absolute Gasteiger partial charge is 0.248 e. The number of benzene rings is 2. The molecule has 1 unspecified atom stereocenters. The van der Waals surface area contributed by atoms with Crippen LogP contribution in [-0.4, -0.2) is 65.7 Å². The molecule has 2 aromatic carbocycles. The van der Waals surface area contributed by atoms with E-state index in [9.17, 15) is 14.4 Å². The number of guanidine groups is 1. The summed E-state index contributed by atoms with van der Waals surface area (Å²) < 4.78 is 5.69. The van der Waals surface area contributed by atoms with E-state index in [1.54, 1.807) is 29.2 Å². The van der Waals surface area contributed by atoms with Gasteiger partial charge in [-0.3, -0.25) is 14.4 Å². The van der Waals surface area contributed by atoms with E-state index in [-0.39, 0.29) is 18.4 Å². The van der Waals surface area contributed by atoms with Crippen molar-refractivity contribution < 1.29 is 18.8 Å². The largest absolute Gasteiger partial charge is 0.461 e. The van der Waals surface area contributed by atoms with Crippen molar-refractivity contribution in [1.82, 2.24) is 9.80 Å². The van der Waals surface area contributed by atoms with E-state index < -0.39 is 11.9 Å². The number of nitrogens with two attached hydrogens (primary N) is 1. The fraction of sp³-hybridized carbons (Fsp3) is 0.379. The third-order valence-corrected chi connectivity index (χ3v) is 7.16. The number of aliphatic imine (C=N–C) groups is 1. The lowest BCUT2D eigenvalue weighted by molar-refractivity contribution is -0.140. The van der Waals surface area contributed by atoms with Gasteiger partial charge in [0.1, 0.15) is 17.4 Å². The van der Waals surface area contributed by atoms with Crippen molar-refractivity contribution in [3.63, 3.8) is 0 Å². The Morgan fingerprint density at radius 2 is 1.67 bits per heavy atom. The summed E-state index contributed by atoms with van der Waals surface area (Å²) in [4.78, 5) is 46.2. The molecule has 4 N–H and O–H groups in total. The first-order chi connectivity index (χ1) is 18.9. The van der Waals surface area contributed by atoms with Crippen LogP contribution in [0.4, 0.5) is 11.4 Å².